The van der Waals surface area contributed by atoms with E-state index in [1.807, 2.05) is 72.6 Å². The number of hydrogen-bond acceptors (Lipinski definition) is 4. The minimum absolute atomic E-state index is 0.0239. The van der Waals surface area contributed by atoms with Gasteiger partial charge >= 0.3 is 5.97 Å². The number of carbonyl (C=O) groups is 3. The topological polar surface area (TPSA) is 71.8 Å². The summed E-state index contributed by atoms with van der Waals surface area (Å²) in [5.41, 5.74) is 4.88. The monoisotopic (exact) mass is 485 g/mol. The number of benzene rings is 2. The second-order valence-electron chi connectivity index (χ2n) is 9.43. The first-order valence-electron chi connectivity index (χ1n) is 12.6. The molecule has 7 heteroatoms. The summed E-state index contributed by atoms with van der Waals surface area (Å²) in [5, 5.41) is 0. The van der Waals surface area contributed by atoms with Crippen LogP contribution in [0.3, 0.4) is 0 Å². The number of hydrogen-bond donors (Lipinski definition) is 0. The van der Waals surface area contributed by atoms with Crippen LogP contribution in [0, 0.1) is 6.92 Å². The molecule has 186 valence electrons. The molecule has 5 rings (SSSR count). The summed E-state index contributed by atoms with van der Waals surface area (Å²) in [5.74, 6) is -0.712. The lowest BCUT2D eigenvalue weighted by Gasteiger charge is -2.39. The van der Waals surface area contributed by atoms with Crippen molar-refractivity contribution in [3.63, 3.8) is 0 Å². The minimum Gasteiger partial charge on any atom is -0.466 e. The molecule has 1 aliphatic heterocycles. The molecule has 0 saturated heterocycles. The molecule has 2 aliphatic rings. The molecule has 0 N–H and O–H groups in total. The van der Waals surface area contributed by atoms with Gasteiger partial charge in [-0.3, -0.25) is 19.3 Å². The second-order valence-corrected chi connectivity index (χ2v) is 9.43. The van der Waals surface area contributed by atoms with Crippen molar-refractivity contribution in [3.8, 4) is 5.69 Å². The van der Waals surface area contributed by atoms with Crippen molar-refractivity contribution in [2.24, 2.45) is 0 Å². The largest absolute Gasteiger partial charge is 0.466 e. The number of amides is 2. The Kier molecular flexibility index (Phi) is 6.63. The first-order valence-corrected chi connectivity index (χ1v) is 12.6. The molecular weight excluding hydrogens is 454 g/mol. The molecule has 1 saturated carbocycles. The van der Waals surface area contributed by atoms with Crippen LogP contribution in [0.5, 0.6) is 0 Å². The van der Waals surface area contributed by atoms with E-state index in [0.29, 0.717) is 0 Å². The number of carbonyl (C=O) groups excluding carboxylic acids is 3. The van der Waals surface area contributed by atoms with Crippen LogP contribution in [0.25, 0.3) is 5.69 Å². The smallest absolute Gasteiger partial charge is 0.306 e. The Morgan fingerprint density at radius 2 is 1.75 bits per heavy atom. The van der Waals surface area contributed by atoms with Crippen molar-refractivity contribution in [2.45, 2.75) is 51.6 Å². The summed E-state index contributed by atoms with van der Waals surface area (Å²) in [4.78, 5) is 42.5. The standard InChI is InChI=1S/C29H31N3O4/c1-3-36-28(35)16-15-26(33)31(22-13-14-22)19-27(34)32-24-11-5-4-10-23(24)30-17-7-12-25(30)29(32)21-9-6-8-20(2)18-21/h4-12,17-18,22,29H,3,13-16,19H2,1-2H3. The average molecular weight is 486 g/mol. The van der Waals surface area contributed by atoms with Gasteiger partial charge in [-0.05, 0) is 56.5 Å². The predicted octanol–water partition coefficient (Wildman–Crippen LogP) is 4.56. The third-order valence-electron chi connectivity index (χ3n) is 6.81. The van der Waals surface area contributed by atoms with Gasteiger partial charge in [0.1, 0.15) is 12.6 Å². The molecule has 3 aromatic rings. The number of nitrogens with zero attached hydrogens (tertiary/aromatic N) is 3. The molecule has 1 aromatic heterocycles. The number of rotatable bonds is 8. The number of esters is 1. The molecule has 1 fully saturated rings. The van der Waals surface area contributed by atoms with Gasteiger partial charge in [0.2, 0.25) is 11.8 Å². The Bertz CT molecular complexity index is 1290. The van der Waals surface area contributed by atoms with Crippen LogP contribution >= 0.6 is 0 Å². The van der Waals surface area contributed by atoms with E-state index in [1.165, 1.54) is 0 Å². The van der Waals surface area contributed by atoms with Crippen molar-refractivity contribution in [1.29, 1.82) is 0 Å². The van der Waals surface area contributed by atoms with Crippen molar-refractivity contribution in [1.82, 2.24) is 9.47 Å². The third kappa shape index (κ3) is 4.65. The van der Waals surface area contributed by atoms with Gasteiger partial charge in [0.25, 0.3) is 0 Å². The summed E-state index contributed by atoms with van der Waals surface area (Å²) in [6.45, 7) is 4.05. The molecule has 0 spiro atoms. The van der Waals surface area contributed by atoms with Crippen LogP contribution in [-0.2, 0) is 19.1 Å². The van der Waals surface area contributed by atoms with Crippen molar-refractivity contribution < 1.29 is 19.1 Å². The van der Waals surface area contributed by atoms with E-state index in [9.17, 15) is 14.4 Å². The van der Waals surface area contributed by atoms with Crippen molar-refractivity contribution in [3.05, 3.63) is 83.7 Å². The quantitative estimate of drug-likeness (QED) is 0.439. The summed E-state index contributed by atoms with van der Waals surface area (Å²) < 4.78 is 7.11. The van der Waals surface area contributed by atoms with Gasteiger partial charge < -0.3 is 14.2 Å². The maximum atomic E-state index is 14.1. The lowest BCUT2D eigenvalue weighted by molar-refractivity contribution is -0.146. The molecule has 36 heavy (non-hydrogen) atoms. The normalized spacial score (nSPS) is 16.2. The lowest BCUT2D eigenvalue weighted by Crippen LogP contribution is -2.47. The first-order chi connectivity index (χ1) is 17.5. The first kappa shape index (κ1) is 23.9. The maximum absolute atomic E-state index is 14.1. The minimum atomic E-state index is -0.391. The van der Waals surface area contributed by atoms with E-state index in [1.54, 1.807) is 11.8 Å². The molecular formula is C29H31N3O4. The van der Waals surface area contributed by atoms with Crippen LogP contribution < -0.4 is 4.90 Å². The van der Waals surface area contributed by atoms with Crippen LogP contribution in [0.2, 0.25) is 0 Å². The molecule has 2 heterocycles. The highest BCUT2D eigenvalue weighted by Crippen LogP contribution is 2.42. The number of aryl methyl sites for hydroxylation is 1. The van der Waals surface area contributed by atoms with Gasteiger partial charge in [0.05, 0.1) is 30.1 Å². The highest BCUT2D eigenvalue weighted by Gasteiger charge is 2.39. The van der Waals surface area contributed by atoms with Gasteiger partial charge in [0.15, 0.2) is 0 Å². The van der Waals surface area contributed by atoms with Crippen molar-refractivity contribution in [2.75, 3.05) is 18.1 Å². The fraction of sp³-hybridized carbons (Fsp3) is 0.345. The number of fused-ring (bicyclic) bond motifs is 3. The van der Waals surface area contributed by atoms with E-state index in [2.05, 4.69) is 10.6 Å². The number of aromatic nitrogens is 1. The third-order valence-corrected chi connectivity index (χ3v) is 6.81. The average Bonchev–Trinajstić information content (AvgIpc) is 3.60. The zero-order valence-electron chi connectivity index (χ0n) is 20.7. The lowest BCUT2D eigenvalue weighted by atomic mass is 9.96. The number of para-hydroxylation sites is 2. The molecule has 2 amide bonds. The van der Waals surface area contributed by atoms with E-state index in [0.717, 1.165) is 41.0 Å². The SMILES string of the molecule is CCOC(=O)CCC(=O)N(CC(=O)N1c2ccccc2-n2cccc2C1c1cccc(C)c1)C1CC1. The Morgan fingerprint density at radius 3 is 2.47 bits per heavy atom. The van der Waals surface area contributed by atoms with E-state index >= 15 is 0 Å². The number of anilines is 1. The Balaban J connectivity index is 1.48. The van der Waals surface area contributed by atoms with Gasteiger partial charge in [-0.25, -0.2) is 0 Å². The van der Waals surface area contributed by atoms with Crippen LogP contribution in [0.15, 0.2) is 66.9 Å². The van der Waals surface area contributed by atoms with Gasteiger partial charge in [-0.2, -0.15) is 0 Å². The highest BCUT2D eigenvalue weighted by molar-refractivity contribution is 6.00. The fourth-order valence-electron chi connectivity index (χ4n) is 5.03. The van der Waals surface area contributed by atoms with E-state index < -0.39 is 5.97 Å². The summed E-state index contributed by atoms with van der Waals surface area (Å²) in [6.07, 6.45) is 3.84. The van der Waals surface area contributed by atoms with Crippen LogP contribution in [0.1, 0.15) is 55.5 Å². The number of ether oxygens (including phenoxy) is 1. The molecule has 0 radical (unpaired) electrons. The van der Waals surface area contributed by atoms with Gasteiger partial charge in [-0.1, -0.05) is 42.0 Å². The molecule has 7 nitrogen and oxygen atoms in total. The van der Waals surface area contributed by atoms with Crippen molar-refractivity contribution >= 4 is 23.5 Å². The zero-order chi connectivity index (χ0) is 25.2. The van der Waals surface area contributed by atoms with Gasteiger partial charge in [0, 0.05) is 18.7 Å². The Hall–Kier alpha value is -3.87. The molecule has 1 atom stereocenters. The second kappa shape index (κ2) is 10.0. The summed E-state index contributed by atoms with van der Waals surface area (Å²) >= 11 is 0. The van der Waals surface area contributed by atoms with Gasteiger partial charge in [-0.15, -0.1) is 0 Å². The summed E-state index contributed by atoms with van der Waals surface area (Å²) in [7, 11) is 0. The van der Waals surface area contributed by atoms with E-state index in [4.69, 9.17) is 4.74 Å². The Morgan fingerprint density at radius 1 is 0.972 bits per heavy atom. The maximum Gasteiger partial charge on any atom is 0.306 e. The zero-order valence-corrected chi connectivity index (χ0v) is 20.7. The predicted molar refractivity (Wildman–Crippen MR) is 137 cm³/mol. The molecule has 1 aliphatic carbocycles. The molecule has 0 bridgehead atoms. The Labute approximate surface area is 211 Å². The highest BCUT2D eigenvalue weighted by atomic mass is 16.5. The summed E-state index contributed by atoms with van der Waals surface area (Å²) in [6, 6.07) is 19.9. The van der Waals surface area contributed by atoms with Crippen LogP contribution in [0.4, 0.5) is 5.69 Å². The fourth-order valence-corrected chi connectivity index (χ4v) is 5.03. The van der Waals surface area contributed by atoms with Crippen LogP contribution in [-0.4, -0.2) is 46.4 Å². The molecule has 2 aromatic carbocycles. The van der Waals surface area contributed by atoms with E-state index in [-0.39, 0.29) is 49.9 Å². The molecule has 1 unspecified atom stereocenters.